The predicted molar refractivity (Wildman–Crippen MR) is 70.5 cm³/mol. The Bertz CT molecular complexity index is 261. The second-order valence-electron chi connectivity index (χ2n) is 5.19. The van der Waals surface area contributed by atoms with Crippen LogP contribution in [0.1, 0.15) is 47.5 Å². The molecule has 0 bridgehead atoms. The van der Waals surface area contributed by atoms with Gasteiger partial charge in [-0.05, 0) is 34.1 Å². The topological polar surface area (TPSA) is 113 Å². The zero-order valence-electron chi connectivity index (χ0n) is 11.9. The molecule has 5 N–H and O–H groups in total. The fraction of sp³-hybridized carbons (Fsp3) is 0.833. The molecule has 0 saturated carbocycles. The van der Waals surface area contributed by atoms with E-state index >= 15 is 0 Å². The number of carbonyl (C=O) groups is 2. The quantitative estimate of drug-likeness (QED) is 0.589. The molecule has 0 spiro atoms. The molecule has 0 aromatic rings. The third-order valence-corrected chi connectivity index (χ3v) is 1.94. The van der Waals surface area contributed by atoms with E-state index in [-0.39, 0.29) is 5.54 Å². The number of nitrogens with one attached hydrogen (secondary N) is 1. The molecule has 0 amide bonds. The van der Waals surface area contributed by atoms with Gasteiger partial charge in [-0.1, -0.05) is 13.3 Å². The predicted octanol–water partition coefficient (Wildman–Crippen LogP) is 1.05. The van der Waals surface area contributed by atoms with E-state index in [0.717, 1.165) is 6.42 Å². The van der Waals surface area contributed by atoms with Gasteiger partial charge >= 0.3 is 11.9 Å². The van der Waals surface area contributed by atoms with Crippen LogP contribution in [-0.4, -0.2) is 39.8 Å². The summed E-state index contributed by atoms with van der Waals surface area (Å²) in [6.07, 6.45) is 1.39. The van der Waals surface area contributed by atoms with Gasteiger partial charge in [0.15, 0.2) is 0 Å². The summed E-state index contributed by atoms with van der Waals surface area (Å²) in [6, 6.07) is -1.14. The van der Waals surface area contributed by atoms with Crippen molar-refractivity contribution in [3.8, 4) is 0 Å². The van der Waals surface area contributed by atoms with Gasteiger partial charge in [0.2, 0.25) is 0 Å². The van der Waals surface area contributed by atoms with Crippen LogP contribution in [-0.2, 0) is 9.59 Å². The Morgan fingerprint density at radius 2 is 1.67 bits per heavy atom. The van der Waals surface area contributed by atoms with E-state index in [9.17, 15) is 9.59 Å². The minimum atomic E-state index is -0.910. The molecule has 6 heteroatoms. The van der Waals surface area contributed by atoms with Gasteiger partial charge in [-0.2, -0.15) is 0 Å². The second-order valence-corrected chi connectivity index (χ2v) is 5.19. The molecule has 0 saturated heterocycles. The van der Waals surface area contributed by atoms with Crippen LogP contribution in [0.25, 0.3) is 0 Å². The SMILES string of the molecule is CC(NC(C)(C)C)C(=O)O.CCCC(N)C(=O)O. The summed E-state index contributed by atoms with van der Waals surface area (Å²) >= 11 is 0. The summed E-state index contributed by atoms with van der Waals surface area (Å²) in [4.78, 5) is 20.3. The zero-order chi connectivity index (χ0) is 14.9. The van der Waals surface area contributed by atoms with Crippen LogP contribution in [0.2, 0.25) is 0 Å². The lowest BCUT2D eigenvalue weighted by Crippen LogP contribution is -2.45. The summed E-state index contributed by atoms with van der Waals surface area (Å²) < 4.78 is 0. The van der Waals surface area contributed by atoms with Crippen LogP contribution >= 0.6 is 0 Å². The third-order valence-electron chi connectivity index (χ3n) is 1.94. The van der Waals surface area contributed by atoms with Crippen LogP contribution < -0.4 is 11.1 Å². The Hall–Kier alpha value is -1.14. The van der Waals surface area contributed by atoms with Crippen molar-refractivity contribution in [1.29, 1.82) is 0 Å². The maximum Gasteiger partial charge on any atom is 0.320 e. The molecular formula is C12H26N2O4. The fourth-order valence-corrected chi connectivity index (χ4v) is 1.15. The average Bonchev–Trinajstić information content (AvgIpc) is 2.16. The molecule has 0 aliphatic rings. The van der Waals surface area contributed by atoms with E-state index in [0.29, 0.717) is 6.42 Å². The zero-order valence-corrected chi connectivity index (χ0v) is 11.9. The summed E-state index contributed by atoms with van der Waals surface area (Å²) in [6.45, 7) is 9.35. The van der Waals surface area contributed by atoms with E-state index < -0.39 is 24.0 Å². The fourth-order valence-electron chi connectivity index (χ4n) is 1.15. The Morgan fingerprint density at radius 1 is 1.22 bits per heavy atom. The molecule has 0 fully saturated rings. The summed E-state index contributed by atoms with van der Waals surface area (Å²) in [7, 11) is 0. The minimum absolute atomic E-state index is 0.127. The van der Waals surface area contributed by atoms with Crippen LogP contribution in [0.5, 0.6) is 0 Å². The first-order chi connectivity index (χ1) is 8.01. The normalized spacial score (nSPS) is 14.1. The van der Waals surface area contributed by atoms with Crippen molar-refractivity contribution in [1.82, 2.24) is 5.32 Å². The molecule has 0 aromatic heterocycles. The molecule has 0 aromatic carbocycles. The van der Waals surface area contributed by atoms with E-state index in [1.165, 1.54) is 0 Å². The minimum Gasteiger partial charge on any atom is -0.480 e. The van der Waals surface area contributed by atoms with Crippen LogP contribution in [0.3, 0.4) is 0 Å². The molecule has 108 valence electrons. The highest BCUT2D eigenvalue weighted by molar-refractivity contribution is 5.73. The first-order valence-corrected chi connectivity index (χ1v) is 6.00. The average molecular weight is 262 g/mol. The van der Waals surface area contributed by atoms with Crippen LogP contribution in [0.4, 0.5) is 0 Å². The standard InChI is InChI=1S/C7H15NO2.C5H11NO2/c1-5(6(9)10)8-7(2,3)4;1-2-3-4(6)5(7)8/h5,8H,1-4H3,(H,9,10);4H,2-3,6H2,1H3,(H,7,8). The van der Waals surface area contributed by atoms with Crippen LogP contribution in [0.15, 0.2) is 0 Å². The Morgan fingerprint density at radius 3 is 1.78 bits per heavy atom. The first-order valence-electron chi connectivity index (χ1n) is 6.00. The smallest absolute Gasteiger partial charge is 0.320 e. The summed E-state index contributed by atoms with van der Waals surface area (Å²) in [5.74, 6) is -1.72. The number of nitrogens with two attached hydrogens (primary N) is 1. The lowest BCUT2D eigenvalue weighted by atomic mass is 10.1. The van der Waals surface area contributed by atoms with Crippen molar-refractivity contribution in [2.75, 3.05) is 0 Å². The van der Waals surface area contributed by atoms with Crippen LogP contribution in [0, 0.1) is 0 Å². The first kappa shape index (κ1) is 19.2. The summed E-state index contributed by atoms with van der Waals surface area (Å²) in [5.41, 5.74) is 5.00. The number of carboxylic acids is 2. The van der Waals surface area contributed by atoms with Gasteiger partial charge in [-0.3, -0.25) is 14.9 Å². The lowest BCUT2D eigenvalue weighted by Gasteiger charge is -2.23. The molecule has 6 nitrogen and oxygen atoms in total. The van der Waals surface area contributed by atoms with Crippen molar-refractivity contribution < 1.29 is 19.8 Å². The van der Waals surface area contributed by atoms with Gasteiger partial charge < -0.3 is 15.9 Å². The van der Waals surface area contributed by atoms with Gasteiger partial charge in [-0.15, -0.1) is 0 Å². The molecule has 0 aliphatic carbocycles. The van der Waals surface area contributed by atoms with Crippen molar-refractivity contribution >= 4 is 11.9 Å². The Labute approximate surface area is 109 Å². The van der Waals surface area contributed by atoms with Gasteiger partial charge in [-0.25, -0.2) is 0 Å². The number of hydrogen-bond acceptors (Lipinski definition) is 4. The van der Waals surface area contributed by atoms with E-state index in [1.807, 2.05) is 27.7 Å². The molecule has 0 radical (unpaired) electrons. The molecular weight excluding hydrogens is 236 g/mol. The van der Waals surface area contributed by atoms with E-state index in [2.05, 4.69) is 5.32 Å². The third kappa shape index (κ3) is 12.9. The monoisotopic (exact) mass is 262 g/mol. The highest BCUT2D eigenvalue weighted by Gasteiger charge is 2.17. The lowest BCUT2D eigenvalue weighted by molar-refractivity contribution is -0.140. The highest BCUT2D eigenvalue weighted by atomic mass is 16.4. The molecule has 18 heavy (non-hydrogen) atoms. The molecule has 2 unspecified atom stereocenters. The molecule has 0 rings (SSSR count). The maximum absolute atomic E-state index is 10.3. The number of carboxylic acid groups (broad SMARTS) is 2. The second kappa shape index (κ2) is 8.88. The number of rotatable bonds is 5. The molecule has 0 aliphatic heterocycles. The largest absolute Gasteiger partial charge is 0.480 e. The molecule has 0 heterocycles. The number of hydrogen-bond donors (Lipinski definition) is 4. The van der Waals surface area contributed by atoms with Gasteiger partial charge in [0.25, 0.3) is 0 Å². The highest BCUT2D eigenvalue weighted by Crippen LogP contribution is 2.00. The number of aliphatic carboxylic acids is 2. The van der Waals surface area contributed by atoms with Gasteiger partial charge in [0, 0.05) is 5.54 Å². The van der Waals surface area contributed by atoms with Crippen molar-refractivity contribution in [2.45, 2.75) is 65.1 Å². The van der Waals surface area contributed by atoms with E-state index in [1.54, 1.807) is 6.92 Å². The Balaban J connectivity index is 0. The maximum atomic E-state index is 10.3. The van der Waals surface area contributed by atoms with Crippen molar-refractivity contribution in [3.05, 3.63) is 0 Å². The van der Waals surface area contributed by atoms with Gasteiger partial charge in [0.1, 0.15) is 12.1 Å². The summed E-state index contributed by atoms with van der Waals surface area (Å²) in [5, 5.41) is 19.6. The Kier molecular flexibility index (Phi) is 9.47. The molecule has 2 atom stereocenters. The van der Waals surface area contributed by atoms with Gasteiger partial charge in [0.05, 0.1) is 0 Å². The van der Waals surface area contributed by atoms with E-state index in [4.69, 9.17) is 15.9 Å². The van der Waals surface area contributed by atoms with Crippen molar-refractivity contribution in [2.24, 2.45) is 5.73 Å². The van der Waals surface area contributed by atoms with Crippen molar-refractivity contribution in [3.63, 3.8) is 0 Å².